The van der Waals surface area contributed by atoms with E-state index in [1.54, 1.807) is 0 Å². The van der Waals surface area contributed by atoms with Gasteiger partial charge in [-0.15, -0.1) is 0 Å². The van der Waals surface area contributed by atoms with Crippen molar-refractivity contribution in [3.8, 4) is 11.1 Å². The minimum absolute atomic E-state index is 0.0466. The molecule has 0 aromatic heterocycles. The number of benzene rings is 2. The SMILES string of the molecule is CCCCCCCCCCCCCCCC(=O)OCCOCCOCCOCCOCCOCCOCCOCCOCCOCCCNC(=O)OCC1c2ccccc2-c2ccccc21. The zero-order valence-corrected chi connectivity index (χ0v) is 40.5. The summed E-state index contributed by atoms with van der Waals surface area (Å²) in [6.07, 6.45) is 17.5. The highest BCUT2D eigenvalue weighted by Crippen LogP contribution is 2.44. The highest BCUT2D eigenvalue weighted by atomic mass is 16.6. The number of esters is 1. The number of hydrogen-bond acceptors (Lipinski definition) is 13. The van der Waals surface area contributed by atoms with Gasteiger partial charge in [-0.1, -0.05) is 133 Å². The van der Waals surface area contributed by atoms with Crippen LogP contribution in [0.4, 0.5) is 4.79 Å². The molecule has 0 spiro atoms. The van der Waals surface area contributed by atoms with Gasteiger partial charge in [0.05, 0.1) is 112 Å². The van der Waals surface area contributed by atoms with E-state index in [9.17, 15) is 9.59 Å². The number of ether oxygens (including phenoxy) is 11. The third kappa shape index (κ3) is 29.6. The lowest BCUT2D eigenvalue weighted by Crippen LogP contribution is -2.27. The summed E-state index contributed by atoms with van der Waals surface area (Å²) in [5, 5.41) is 2.81. The molecule has 2 aromatic rings. The van der Waals surface area contributed by atoms with Crippen LogP contribution in [-0.4, -0.2) is 151 Å². The molecule has 0 saturated carbocycles. The molecule has 3 rings (SSSR count). The van der Waals surface area contributed by atoms with E-state index >= 15 is 0 Å². The molecular formula is C52H85NO13. The van der Waals surface area contributed by atoms with Crippen molar-refractivity contribution in [3.05, 3.63) is 59.7 Å². The highest BCUT2D eigenvalue weighted by molar-refractivity contribution is 5.79. The quantitative estimate of drug-likeness (QED) is 0.0498. The van der Waals surface area contributed by atoms with E-state index in [0.29, 0.717) is 145 Å². The van der Waals surface area contributed by atoms with Gasteiger partial charge < -0.3 is 57.4 Å². The summed E-state index contributed by atoms with van der Waals surface area (Å²) in [6, 6.07) is 16.6. The lowest BCUT2D eigenvalue weighted by Gasteiger charge is -2.14. The predicted molar refractivity (Wildman–Crippen MR) is 256 cm³/mol. The zero-order chi connectivity index (χ0) is 46.6. The largest absolute Gasteiger partial charge is 0.463 e. The van der Waals surface area contributed by atoms with E-state index in [-0.39, 0.29) is 18.5 Å². The lowest BCUT2D eigenvalue weighted by atomic mass is 9.98. The Morgan fingerprint density at radius 3 is 1.17 bits per heavy atom. The molecule has 66 heavy (non-hydrogen) atoms. The fourth-order valence-electron chi connectivity index (χ4n) is 7.45. The van der Waals surface area contributed by atoms with Gasteiger partial charge in [0, 0.05) is 25.5 Å². The lowest BCUT2D eigenvalue weighted by molar-refractivity contribution is -0.145. The van der Waals surface area contributed by atoms with E-state index in [1.807, 2.05) is 24.3 Å². The Kier molecular flexibility index (Phi) is 36.3. The second-order valence-electron chi connectivity index (χ2n) is 16.3. The Morgan fingerprint density at radius 2 is 0.758 bits per heavy atom. The fourth-order valence-corrected chi connectivity index (χ4v) is 7.45. The first-order valence-electron chi connectivity index (χ1n) is 25.1. The standard InChI is InChI=1S/C52H85NO13/c1-2-3-4-5-6-7-8-9-10-11-12-13-14-24-51(54)65-44-43-64-42-41-63-40-39-62-38-37-61-36-35-60-34-33-59-32-31-58-30-29-57-28-27-56-26-19-25-53-52(55)66-45-50-48-22-17-15-20-46(48)47-21-16-18-23-49(47)50/h15-18,20-23,50H,2-14,19,24-45H2,1H3,(H,53,55). The molecule has 0 unspecified atom stereocenters. The maximum Gasteiger partial charge on any atom is 0.407 e. The average molecular weight is 932 g/mol. The number of fused-ring (bicyclic) bond motifs is 3. The van der Waals surface area contributed by atoms with Crippen molar-refractivity contribution in [3.63, 3.8) is 0 Å². The first-order valence-corrected chi connectivity index (χ1v) is 25.1. The molecule has 1 amide bonds. The Hall–Kier alpha value is -3.18. The number of carbonyl (C=O) groups excluding carboxylic acids is 2. The Morgan fingerprint density at radius 1 is 0.409 bits per heavy atom. The molecule has 0 saturated heterocycles. The molecule has 0 radical (unpaired) electrons. The van der Waals surface area contributed by atoms with E-state index < -0.39 is 6.09 Å². The first-order chi connectivity index (χ1) is 32.7. The van der Waals surface area contributed by atoms with Crippen LogP contribution >= 0.6 is 0 Å². The average Bonchev–Trinajstić information content (AvgIpc) is 3.66. The van der Waals surface area contributed by atoms with Crippen molar-refractivity contribution in [2.75, 3.05) is 139 Å². The summed E-state index contributed by atoms with van der Waals surface area (Å²) >= 11 is 0. The molecule has 0 atom stereocenters. The van der Waals surface area contributed by atoms with Gasteiger partial charge in [0.1, 0.15) is 13.2 Å². The molecule has 0 bridgehead atoms. The number of hydrogen-bond donors (Lipinski definition) is 1. The maximum atomic E-state index is 12.3. The van der Waals surface area contributed by atoms with Crippen molar-refractivity contribution in [1.29, 1.82) is 0 Å². The molecular weight excluding hydrogens is 847 g/mol. The number of carbonyl (C=O) groups is 2. The maximum absolute atomic E-state index is 12.3. The Bertz CT molecular complexity index is 1400. The third-order valence-electron chi connectivity index (χ3n) is 11.0. The van der Waals surface area contributed by atoms with Crippen LogP contribution in [0, 0.1) is 0 Å². The first kappa shape index (κ1) is 57.1. The second kappa shape index (κ2) is 42.0. The fraction of sp³-hybridized carbons (Fsp3) is 0.731. The van der Waals surface area contributed by atoms with E-state index in [1.165, 1.54) is 92.9 Å². The summed E-state index contributed by atoms with van der Waals surface area (Å²) in [5.41, 5.74) is 4.80. The molecule has 376 valence electrons. The summed E-state index contributed by atoms with van der Waals surface area (Å²) in [6.45, 7) is 11.9. The minimum atomic E-state index is -0.416. The summed E-state index contributed by atoms with van der Waals surface area (Å²) in [4.78, 5) is 24.2. The van der Waals surface area contributed by atoms with Gasteiger partial charge in [-0.3, -0.25) is 4.79 Å². The number of nitrogens with one attached hydrogen (secondary N) is 1. The topological polar surface area (TPSA) is 148 Å². The van der Waals surface area contributed by atoms with E-state index in [4.69, 9.17) is 52.1 Å². The number of unbranched alkanes of at least 4 members (excludes halogenated alkanes) is 12. The Balaban J connectivity index is 0.913. The van der Waals surface area contributed by atoms with Crippen LogP contribution in [-0.2, 0) is 56.9 Å². The van der Waals surface area contributed by atoms with Crippen LogP contribution in [0.3, 0.4) is 0 Å². The van der Waals surface area contributed by atoms with Crippen molar-refractivity contribution in [1.82, 2.24) is 5.32 Å². The molecule has 0 fully saturated rings. The van der Waals surface area contributed by atoms with Gasteiger partial charge >= 0.3 is 12.1 Å². The van der Waals surface area contributed by atoms with Crippen LogP contribution in [0.25, 0.3) is 11.1 Å². The monoisotopic (exact) mass is 932 g/mol. The summed E-state index contributed by atoms with van der Waals surface area (Å²) in [7, 11) is 0. The molecule has 2 aromatic carbocycles. The van der Waals surface area contributed by atoms with Gasteiger partial charge in [0.2, 0.25) is 0 Å². The van der Waals surface area contributed by atoms with Crippen LogP contribution < -0.4 is 5.32 Å². The Labute approximate surface area is 396 Å². The van der Waals surface area contributed by atoms with Gasteiger partial charge in [-0.05, 0) is 35.1 Å². The zero-order valence-electron chi connectivity index (χ0n) is 40.5. The molecule has 0 heterocycles. The number of amides is 1. The van der Waals surface area contributed by atoms with E-state index in [0.717, 1.165) is 12.8 Å². The van der Waals surface area contributed by atoms with Crippen LogP contribution in [0.15, 0.2) is 48.5 Å². The predicted octanol–water partition coefficient (Wildman–Crippen LogP) is 9.09. The number of rotatable bonds is 47. The van der Waals surface area contributed by atoms with Gasteiger partial charge in [0.25, 0.3) is 0 Å². The van der Waals surface area contributed by atoms with Crippen molar-refractivity contribution in [2.45, 2.75) is 109 Å². The molecule has 14 heteroatoms. The van der Waals surface area contributed by atoms with E-state index in [2.05, 4.69) is 36.5 Å². The molecule has 1 N–H and O–H groups in total. The van der Waals surface area contributed by atoms with Crippen LogP contribution in [0.1, 0.15) is 120 Å². The van der Waals surface area contributed by atoms with Crippen LogP contribution in [0.2, 0.25) is 0 Å². The molecule has 14 nitrogen and oxygen atoms in total. The number of alkyl carbamates (subject to hydrolysis) is 1. The van der Waals surface area contributed by atoms with Crippen molar-refractivity contribution >= 4 is 12.1 Å². The third-order valence-corrected chi connectivity index (χ3v) is 11.0. The second-order valence-corrected chi connectivity index (χ2v) is 16.3. The minimum Gasteiger partial charge on any atom is -0.463 e. The molecule has 1 aliphatic rings. The van der Waals surface area contributed by atoms with Gasteiger partial charge in [-0.2, -0.15) is 0 Å². The summed E-state index contributed by atoms with van der Waals surface area (Å²) < 4.78 is 60.6. The molecule has 1 aliphatic carbocycles. The molecule has 0 aliphatic heterocycles. The smallest absolute Gasteiger partial charge is 0.407 e. The van der Waals surface area contributed by atoms with Crippen molar-refractivity contribution < 1.29 is 61.7 Å². The van der Waals surface area contributed by atoms with Gasteiger partial charge in [-0.25, -0.2) is 4.79 Å². The van der Waals surface area contributed by atoms with Gasteiger partial charge in [0.15, 0.2) is 0 Å². The van der Waals surface area contributed by atoms with Crippen LogP contribution in [0.5, 0.6) is 0 Å². The van der Waals surface area contributed by atoms with Crippen molar-refractivity contribution in [2.24, 2.45) is 0 Å². The normalized spacial score (nSPS) is 12.1. The summed E-state index contributed by atoms with van der Waals surface area (Å²) in [5.74, 6) is -0.0892. The highest BCUT2D eigenvalue weighted by Gasteiger charge is 2.29.